The van der Waals surface area contributed by atoms with Crippen molar-refractivity contribution in [3.05, 3.63) is 0 Å². The fraction of sp³-hybridized carbons (Fsp3) is 1.00. The first-order valence-electron chi connectivity index (χ1n) is 5.07. The molecule has 0 spiro atoms. The summed E-state index contributed by atoms with van der Waals surface area (Å²) in [5.41, 5.74) is 5.72. The van der Waals surface area contributed by atoms with Crippen LogP contribution in [0.3, 0.4) is 0 Å². The van der Waals surface area contributed by atoms with Crippen LogP contribution in [-0.2, 0) is 4.74 Å². The molecule has 1 rings (SSSR count). The first kappa shape index (κ1) is 10.0. The lowest BCUT2D eigenvalue weighted by Crippen LogP contribution is -2.36. The molecular formula is C10H21NO. The summed E-state index contributed by atoms with van der Waals surface area (Å²) in [5.74, 6) is 1.21. The van der Waals surface area contributed by atoms with E-state index >= 15 is 0 Å². The van der Waals surface area contributed by atoms with Gasteiger partial charge in [-0.1, -0.05) is 13.8 Å². The molecule has 1 heterocycles. The molecular weight excluding hydrogens is 150 g/mol. The van der Waals surface area contributed by atoms with Crippen LogP contribution in [0.1, 0.15) is 33.1 Å². The topological polar surface area (TPSA) is 35.2 Å². The Hall–Kier alpha value is -0.0800. The quantitative estimate of drug-likeness (QED) is 0.702. The molecule has 12 heavy (non-hydrogen) atoms. The molecule has 2 nitrogen and oxygen atoms in total. The maximum absolute atomic E-state index is 5.72. The monoisotopic (exact) mass is 171 g/mol. The van der Waals surface area contributed by atoms with Gasteiger partial charge in [-0.15, -0.1) is 0 Å². The lowest BCUT2D eigenvalue weighted by atomic mass is 9.87. The summed E-state index contributed by atoms with van der Waals surface area (Å²) in [4.78, 5) is 0. The summed E-state index contributed by atoms with van der Waals surface area (Å²) in [6.45, 7) is 6.17. The van der Waals surface area contributed by atoms with E-state index in [-0.39, 0.29) is 0 Å². The molecule has 1 fully saturated rings. The Bertz CT molecular complexity index is 119. The van der Waals surface area contributed by atoms with Crippen molar-refractivity contribution in [1.82, 2.24) is 0 Å². The highest BCUT2D eigenvalue weighted by atomic mass is 16.5. The standard InChI is InChI=1S/C10H21NO/c1-8(2)9(7-11)10-5-3-4-6-12-10/h8-10H,3-7,11H2,1-2H3. The second kappa shape index (κ2) is 4.83. The Morgan fingerprint density at radius 3 is 2.58 bits per heavy atom. The molecule has 0 aromatic rings. The highest BCUT2D eigenvalue weighted by Crippen LogP contribution is 2.24. The number of rotatable bonds is 3. The lowest BCUT2D eigenvalue weighted by Gasteiger charge is -2.32. The first-order chi connectivity index (χ1) is 5.75. The molecule has 1 aliphatic heterocycles. The Morgan fingerprint density at radius 2 is 2.17 bits per heavy atom. The van der Waals surface area contributed by atoms with Crippen molar-refractivity contribution in [1.29, 1.82) is 0 Å². The van der Waals surface area contributed by atoms with Crippen molar-refractivity contribution in [3.63, 3.8) is 0 Å². The third kappa shape index (κ3) is 2.46. The van der Waals surface area contributed by atoms with E-state index in [1.165, 1.54) is 19.3 Å². The molecule has 0 aromatic carbocycles. The highest BCUT2D eigenvalue weighted by molar-refractivity contribution is 4.76. The minimum absolute atomic E-state index is 0.434. The zero-order chi connectivity index (χ0) is 8.97. The van der Waals surface area contributed by atoms with Gasteiger partial charge in [-0.2, -0.15) is 0 Å². The smallest absolute Gasteiger partial charge is 0.0617 e. The molecule has 2 atom stereocenters. The van der Waals surface area contributed by atoms with Gasteiger partial charge in [0.2, 0.25) is 0 Å². The van der Waals surface area contributed by atoms with E-state index in [0.29, 0.717) is 17.9 Å². The van der Waals surface area contributed by atoms with Gasteiger partial charge >= 0.3 is 0 Å². The predicted octanol–water partition coefficient (Wildman–Crippen LogP) is 1.79. The summed E-state index contributed by atoms with van der Waals surface area (Å²) in [5, 5.41) is 0. The Kier molecular flexibility index (Phi) is 4.02. The molecule has 1 saturated heterocycles. The molecule has 0 aliphatic carbocycles. The summed E-state index contributed by atoms with van der Waals surface area (Å²) < 4.78 is 5.71. The molecule has 2 N–H and O–H groups in total. The maximum Gasteiger partial charge on any atom is 0.0617 e. The van der Waals surface area contributed by atoms with Crippen molar-refractivity contribution < 1.29 is 4.74 Å². The summed E-state index contributed by atoms with van der Waals surface area (Å²) in [6.07, 6.45) is 4.18. The summed E-state index contributed by atoms with van der Waals surface area (Å²) in [7, 11) is 0. The minimum atomic E-state index is 0.434. The Labute approximate surface area is 75.5 Å². The molecule has 2 unspecified atom stereocenters. The Morgan fingerprint density at radius 1 is 1.42 bits per heavy atom. The second-order valence-corrected chi connectivity index (χ2v) is 4.05. The lowest BCUT2D eigenvalue weighted by molar-refractivity contribution is -0.0305. The largest absolute Gasteiger partial charge is 0.378 e. The fourth-order valence-electron chi connectivity index (χ4n) is 1.96. The summed E-state index contributed by atoms with van der Waals surface area (Å²) in [6, 6.07) is 0. The molecule has 1 aliphatic rings. The number of hydrogen-bond acceptors (Lipinski definition) is 2. The third-order valence-electron chi connectivity index (χ3n) is 2.82. The first-order valence-corrected chi connectivity index (χ1v) is 5.07. The van der Waals surface area contributed by atoms with E-state index in [1.807, 2.05) is 0 Å². The average molecular weight is 171 g/mol. The van der Waals surface area contributed by atoms with Gasteiger partial charge < -0.3 is 10.5 Å². The molecule has 2 heteroatoms. The summed E-state index contributed by atoms with van der Waals surface area (Å²) >= 11 is 0. The van der Waals surface area contributed by atoms with Crippen molar-refractivity contribution >= 4 is 0 Å². The van der Waals surface area contributed by atoms with Gasteiger partial charge in [-0.25, -0.2) is 0 Å². The number of ether oxygens (including phenoxy) is 1. The van der Waals surface area contributed by atoms with Crippen LogP contribution in [0.5, 0.6) is 0 Å². The normalized spacial score (nSPS) is 27.5. The van der Waals surface area contributed by atoms with E-state index in [9.17, 15) is 0 Å². The van der Waals surface area contributed by atoms with Gasteiger partial charge in [0, 0.05) is 6.61 Å². The maximum atomic E-state index is 5.72. The van der Waals surface area contributed by atoms with Gasteiger partial charge in [-0.05, 0) is 37.6 Å². The highest BCUT2D eigenvalue weighted by Gasteiger charge is 2.25. The van der Waals surface area contributed by atoms with Crippen LogP contribution in [0.25, 0.3) is 0 Å². The molecule has 0 bridgehead atoms. The molecule has 72 valence electrons. The zero-order valence-electron chi connectivity index (χ0n) is 8.25. The van der Waals surface area contributed by atoms with Crippen LogP contribution in [-0.4, -0.2) is 19.3 Å². The van der Waals surface area contributed by atoms with E-state index in [4.69, 9.17) is 10.5 Å². The van der Waals surface area contributed by atoms with Crippen molar-refractivity contribution in [3.8, 4) is 0 Å². The van der Waals surface area contributed by atoms with Gasteiger partial charge in [0.15, 0.2) is 0 Å². The average Bonchev–Trinajstić information content (AvgIpc) is 2.07. The molecule has 0 aromatic heterocycles. The molecule has 0 amide bonds. The van der Waals surface area contributed by atoms with E-state index < -0.39 is 0 Å². The van der Waals surface area contributed by atoms with Crippen LogP contribution in [0, 0.1) is 11.8 Å². The third-order valence-corrected chi connectivity index (χ3v) is 2.82. The SMILES string of the molecule is CC(C)C(CN)C1CCCCO1. The van der Waals surface area contributed by atoms with Crippen LogP contribution in [0.2, 0.25) is 0 Å². The van der Waals surface area contributed by atoms with Crippen molar-refractivity contribution in [2.45, 2.75) is 39.2 Å². The van der Waals surface area contributed by atoms with Crippen molar-refractivity contribution in [2.75, 3.05) is 13.2 Å². The second-order valence-electron chi connectivity index (χ2n) is 4.05. The molecule has 0 radical (unpaired) electrons. The number of nitrogens with two attached hydrogens (primary N) is 1. The zero-order valence-corrected chi connectivity index (χ0v) is 8.25. The van der Waals surface area contributed by atoms with Crippen molar-refractivity contribution in [2.24, 2.45) is 17.6 Å². The van der Waals surface area contributed by atoms with E-state index in [1.54, 1.807) is 0 Å². The predicted molar refractivity (Wildman–Crippen MR) is 51.0 cm³/mol. The van der Waals surface area contributed by atoms with E-state index in [0.717, 1.165) is 13.2 Å². The van der Waals surface area contributed by atoms with Gasteiger partial charge in [0.05, 0.1) is 6.10 Å². The van der Waals surface area contributed by atoms with Crippen LogP contribution in [0.15, 0.2) is 0 Å². The van der Waals surface area contributed by atoms with Crippen LogP contribution >= 0.6 is 0 Å². The fourth-order valence-corrected chi connectivity index (χ4v) is 1.96. The van der Waals surface area contributed by atoms with Gasteiger partial charge in [0.1, 0.15) is 0 Å². The van der Waals surface area contributed by atoms with E-state index in [2.05, 4.69) is 13.8 Å². The number of hydrogen-bond donors (Lipinski definition) is 1. The van der Waals surface area contributed by atoms with Gasteiger partial charge in [-0.3, -0.25) is 0 Å². The van der Waals surface area contributed by atoms with Crippen LogP contribution < -0.4 is 5.73 Å². The minimum Gasteiger partial charge on any atom is -0.378 e. The van der Waals surface area contributed by atoms with Gasteiger partial charge in [0.25, 0.3) is 0 Å². The molecule has 0 saturated carbocycles. The Balaban J connectivity index is 2.40. The van der Waals surface area contributed by atoms with Crippen LogP contribution in [0.4, 0.5) is 0 Å².